The minimum absolute atomic E-state index is 0. The number of hydrogen-bond acceptors (Lipinski definition) is 4. The fourth-order valence-corrected chi connectivity index (χ4v) is 2.58. The Morgan fingerprint density at radius 3 is 2.33 bits per heavy atom. The maximum Gasteiger partial charge on any atom is 0.287 e. The molecule has 0 radical (unpaired) electrons. The Labute approximate surface area is 166 Å². The van der Waals surface area contributed by atoms with Gasteiger partial charge in [-0.1, -0.05) is 44.2 Å². The summed E-state index contributed by atoms with van der Waals surface area (Å²) in [5, 5.41) is 5.64. The van der Waals surface area contributed by atoms with Gasteiger partial charge in [-0.25, -0.2) is 0 Å². The van der Waals surface area contributed by atoms with Gasteiger partial charge < -0.3 is 20.8 Å². The molecule has 0 spiro atoms. The number of nitrogens with two attached hydrogens (primary N) is 1. The summed E-state index contributed by atoms with van der Waals surface area (Å²) in [6.07, 6.45) is 3.32. The van der Waals surface area contributed by atoms with Gasteiger partial charge in [0, 0.05) is 18.5 Å². The Morgan fingerprint density at radius 2 is 1.78 bits per heavy atom. The average Bonchev–Trinajstić information content (AvgIpc) is 3.21. The molecular weight excluding hydrogens is 366 g/mol. The molecule has 2 rings (SSSR count). The van der Waals surface area contributed by atoms with Crippen LogP contribution in [0.5, 0.6) is 0 Å². The number of nitrogens with one attached hydrogen (secondary N) is 2. The Balaban J connectivity index is 0.00000364. The molecule has 7 heteroatoms. The second kappa shape index (κ2) is 10.7. The second-order valence-electron chi connectivity index (χ2n) is 6.48. The number of carbonyl (C=O) groups excluding carboxylic acids is 2. The van der Waals surface area contributed by atoms with Crippen LogP contribution in [0.1, 0.15) is 42.8 Å². The predicted molar refractivity (Wildman–Crippen MR) is 108 cm³/mol. The van der Waals surface area contributed by atoms with Gasteiger partial charge in [0.15, 0.2) is 5.76 Å². The van der Waals surface area contributed by atoms with E-state index in [-0.39, 0.29) is 24.1 Å². The minimum Gasteiger partial charge on any atom is -0.459 e. The number of carbonyl (C=O) groups is 2. The van der Waals surface area contributed by atoms with Crippen molar-refractivity contribution in [2.75, 3.05) is 6.54 Å². The van der Waals surface area contributed by atoms with Gasteiger partial charge in [-0.15, -0.1) is 12.4 Å². The number of benzene rings is 1. The highest BCUT2D eigenvalue weighted by molar-refractivity contribution is 5.95. The van der Waals surface area contributed by atoms with Crippen LogP contribution in [0, 0.1) is 0 Å². The lowest BCUT2D eigenvalue weighted by atomic mass is 9.94. The average molecular weight is 394 g/mol. The summed E-state index contributed by atoms with van der Waals surface area (Å²) in [5.41, 5.74) is 6.77. The van der Waals surface area contributed by atoms with Crippen molar-refractivity contribution in [2.24, 2.45) is 5.73 Å². The Kier molecular flexibility index (Phi) is 9.05. The molecule has 4 N–H and O–H groups in total. The summed E-state index contributed by atoms with van der Waals surface area (Å²) >= 11 is 0. The molecule has 1 aromatic heterocycles. The summed E-state index contributed by atoms with van der Waals surface area (Å²) in [4.78, 5) is 25.0. The largest absolute Gasteiger partial charge is 0.459 e. The number of rotatable bonds is 9. The lowest BCUT2D eigenvalue weighted by molar-refractivity contribution is -0.123. The van der Waals surface area contributed by atoms with Crippen LogP contribution in [0.3, 0.4) is 0 Å². The van der Waals surface area contributed by atoms with E-state index in [0.717, 1.165) is 18.4 Å². The summed E-state index contributed by atoms with van der Waals surface area (Å²) in [7, 11) is 0. The normalized spacial score (nSPS) is 12.0. The molecule has 2 aromatic rings. The van der Waals surface area contributed by atoms with Crippen molar-refractivity contribution in [2.45, 2.75) is 44.7 Å². The highest BCUT2D eigenvalue weighted by Gasteiger charge is 2.26. The third kappa shape index (κ3) is 6.73. The van der Waals surface area contributed by atoms with Crippen LogP contribution in [0.15, 0.2) is 53.1 Å². The van der Waals surface area contributed by atoms with E-state index in [0.29, 0.717) is 13.0 Å². The van der Waals surface area contributed by atoms with Gasteiger partial charge in [0.05, 0.1) is 6.26 Å². The molecule has 27 heavy (non-hydrogen) atoms. The van der Waals surface area contributed by atoms with E-state index in [2.05, 4.69) is 10.6 Å². The van der Waals surface area contributed by atoms with Crippen LogP contribution in [0.2, 0.25) is 0 Å². The van der Waals surface area contributed by atoms with Gasteiger partial charge in [-0.2, -0.15) is 0 Å². The van der Waals surface area contributed by atoms with Crippen molar-refractivity contribution in [3.05, 3.63) is 60.1 Å². The smallest absolute Gasteiger partial charge is 0.287 e. The van der Waals surface area contributed by atoms with Crippen molar-refractivity contribution in [1.29, 1.82) is 0 Å². The number of halogens is 1. The number of furan rings is 1. The van der Waals surface area contributed by atoms with Crippen LogP contribution < -0.4 is 16.4 Å². The molecule has 0 aliphatic heterocycles. The first-order valence-electron chi connectivity index (χ1n) is 8.92. The number of hydrogen-bond donors (Lipinski definition) is 3. The topological polar surface area (TPSA) is 97.4 Å². The van der Waals surface area contributed by atoms with Crippen molar-refractivity contribution in [3.63, 3.8) is 0 Å². The van der Waals surface area contributed by atoms with Crippen LogP contribution >= 0.6 is 12.4 Å². The Morgan fingerprint density at radius 1 is 1.11 bits per heavy atom. The second-order valence-corrected chi connectivity index (χ2v) is 6.48. The van der Waals surface area contributed by atoms with Crippen LogP contribution in [-0.4, -0.2) is 29.9 Å². The standard InChI is InChI=1S/C20H27N3O3.ClH/c1-3-20(21,4-2)14-22-18(24)16(13-15-9-6-5-7-10-15)23-19(25)17-11-8-12-26-17;/h5-12,16H,3-4,13-14,21H2,1-2H3,(H,22,24)(H,23,25);1H. The predicted octanol–water partition coefficient (Wildman–Crippen LogP) is 2.68. The van der Waals surface area contributed by atoms with Gasteiger partial charge in [0.2, 0.25) is 5.91 Å². The molecule has 0 saturated carbocycles. The summed E-state index contributed by atoms with van der Waals surface area (Å²) in [6.45, 7) is 4.35. The number of amides is 2. The zero-order chi connectivity index (χ0) is 19.0. The molecule has 6 nitrogen and oxygen atoms in total. The van der Waals surface area contributed by atoms with E-state index in [1.807, 2.05) is 44.2 Å². The van der Waals surface area contributed by atoms with E-state index in [1.165, 1.54) is 6.26 Å². The molecule has 0 fully saturated rings. The first-order valence-corrected chi connectivity index (χ1v) is 8.92. The molecule has 2 amide bonds. The first-order chi connectivity index (χ1) is 12.5. The van der Waals surface area contributed by atoms with Crippen molar-refractivity contribution >= 4 is 24.2 Å². The maximum atomic E-state index is 12.7. The fraction of sp³-hybridized carbons (Fsp3) is 0.400. The quantitative estimate of drug-likeness (QED) is 0.610. The maximum absolute atomic E-state index is 12.7. The Bertz CT molecular complexity index is 701. The lowest BCUT2D eigenvalue weighted by Gasteiger charge is -2.28. The van der Waals surface area contributed by atoms with E-state index in [9.17, 15) is 9.59 Å². The monoisotopic (exact) mass is 393 g/mol. The molecule has 0 saturated heterocycles. The van der Waals surface area contributed by atoms with E-state index >= 15 is 0 Å². The molecule has 0 aliphatic carbocycles. The van der Waals surface area contributed by atoms with E-state index in [4.69, 9.17) is 10.2 Å². The third-order valence-electron chi connectivity index (χ3n) is 4.67. The summed E-state index contributed by atoms with van der Waals surface area (Å²) in [6, 6.07) is 12.0. The molecule has 1 atom stereocenters. The van der Waals surface area contributed by atoms with Crippen molar-refractivity contribution in [1.82, 2.24) is 10.6 Å². The van der Waals surface area contributed by atoms with Gasteiger partial charge >= 0.3 is 0 Å². The minimum atomic E-state index is -0.715. The van der Waals surface area contributed by atoms with E-state index < -0.39 is 17.5 Å². The molecular formula is C20H28ClN3O3. The SMILES string of the molecule is CCC(N)(CC)CNC(=O)C(Cc1ccccc1)NC(=O)c1ccco1.Cl. The van der Waals surface area contributed by atoms with Crippen LogP contribution in [0.4, 0.5) is 0 Å². The van der Waals surface area contributed by atoms with Crippen molar-refractivity contribution in [3.8, 4) is 0 Å². The van der Waals surface area contributed by atoms with Gasteiger partial charge in [-0.05, 0) is 30.5 Å². The van der Waals surface area contributed by atoms with Crippen LogP contribution in [-0.2, 0) is 11.2 Å². The summed E-state index contributed by atoms with van der Waals surface area (Å²) < 4.78 is 5.11. The first kappa shape index (κ1) is 22.7. The fourth-order valence-electron chi connectivity index (χ4n) is 2.58. The Hall–Kier alpha value is -2.31. The van der Waals surface area contributed by atoms with E-state index in [1.54, 1.807) is 12.1 Å². The molecule has 1 unspecified atom stereocenters. The zero-order valence-corrected chi connectivity index (χ0v) is 16.6. The van der Waals surface area contributed by atoms with Gasteiger partial charge in [0.1, 0.15) is 6.04 Å². The third-order valence-corrected chi connectivity index (χ3v) is 4.67. The van der Waals surface area contributed by atoms with Gasteiger partial charge in [0.25, 0.3) is 5.91 Å². The van der Waals surface area contributed by atoms with Crippen LogP contribution in [0.25, 0.3) is 0 Å². The zero-order valence-electron chi connectivity index (χ0n) is 15.7. The molecule has 1 aromatic carbocycles. The molecule has 0 aliphatic rings. The summed E-state index contributed by atoms with van der Waals surface area (Å²) in [5.74, 6) is -0.507. The molecule has 0 bridgehead atoms. The lowest BCUT2D eigenvalue weighted by Crippen LogP contribution is -2.54. The van der Waals surface area contributed by atoms with Gasteiger partial charge in [-0.3, -0.25) is 9.59 Å². The highest BCUT2D eigenvalue weighted by atomic mass is 35.5. The van der Waals surface area contributed by atoms with Crippen molar-refractivity contribution < 1.29 is 14.0 Å². The molecule has 148 valence electrons. The molecule has 1 heterocycles. The highest BCUT2D eigenvalue weighted by Crippen LogP contribution is 2.10.